The molecule has 1 aromatic carbocycles. The SMILES string of the molecule is CC(C)Cc1cc(C(=O)NCCc2cc(Cl)c3c(c2)OCCO3)n[nH]1. The smallest absolute Gasteiger partial charge is 0.271 e. The maximum absolute atomic E-state index is 12.2. The number of aromatic nitrogens is 2. The Labute approximate surface area is 151 Å². The molecule has 3 rings (SSSR count). The Morgan fingerprint density at radius 2 is 2.12 bits per heavy atom. The number of benzene rings is 1. The first-order valence-electron chi connectivity index (χ1n) is 8.43. The number of H-pyrrole nitrogens is 1. The molecule has 6 nitrogen and oxygen atoms in total. The molecule has 0 radical (unpaired) electrons. The van der Waals surface area contributed by atoms with E-state index in [2.05, 4.69) is 29.4 Å². The molecule has 0 bridgehead atoms. The number of rotatable bonds is 6. The Balaban J connectivity index is 1.55. The summed E-state index contributed by atoms with van der Waals surface area (Å²) in [6.07, 6.45) is 1.52. The minimum atomic E-state index is -0.185. The second-order valence-electron chi connectivity index (χ2n) is 6.48. The van der Waals surface area contributed by atoms with Gasteiger partial charge in [-0.3, -0.25) is 9.89 Å². The first-order chi connectivity index (χ1) is 12.0. The van der Waals surface area contributed by atoms with Crippen LogP contribution in [-0.4, -0.2) is 35.9 Å². The van der Waals surface area contributed by atoms with E-state index in [0.29, 0.717) is 54.3 Å². The molecular formula is C18H22ClN3O3. The zero-order chi connectivity index (χ0) is 17.8. The number of hydrogen-bond acceptors (Lipinski definition) is 4. The average molecular weight is 364 g/mol. The van der Waals surface area contributed by atoms with Gasteiger partial charge in [0.15, 0.2) is 11.5 Å². The van der Waals surface area contributed by atoms with Gasteiger partial charge in [-0.1, -0.05) is 25.4 Å². The Bertz CT molecular complexity index is 758. The van der Waals surface area contributed by atoms with Crippen molar-refractivity contribution in [1.82, 2.24) is 15.5 Å². The van der Waals surface area contributed by atoms with Crippen molar-refractivity contribution in [3.05, 3.63) is 40.2 Å². The number of halogens is 1. The number of ether oxygens (including phenoxy) is 2. The van der Waals surface area contributed by atoms with Gasteiger partial charge in [-0.2, -0.15) is 5.10 Å². The van der Waals surface area contributed by atoms with Crippen molar-refractivity contribution >= 4 is 17.5 Å². The lowest BCUT2D eigenvalue weighted by Crippen LogP contribution is -2.26. The van der Waals surface area contributed by atoms with Crippen molar-refractivity contribution in [2.45, 2.75) is 26.7 Å². The number of nitrogens with one attached hydrogen (secondary N) is 2. The molecule has 0 unspecified atom stereocenters. The van der Waals surface area contributed by atoms with Gasteiger partial charge in [0.05, 0.1) is 5.02 Å². The average Bonchev–Trinajstić information content (AvgIpc) is 3.02. The van der Waals surface area contributed by atoms with E-state index in [0.717, 1.165) is 17.7 Å². The van der Waals surface area contributed by atoms with Crippen LogP contribution in [0.4, 0.5) is 0 Å². The molecule has 0 fully saturated rings. The Morgan fingerprint density at radius 1 is 1.32 bits per heavy atom. The predicted octanol–water partition coefficient (Wildman–Crippen LogP) is 3.01. The van der Waals surface area contributed by atoms with Crippen LogP contribution in [0.5, 0.6) is 11.5 Å². The number of carbonyl (C=O) groups is 1. The lowest BCUT2D eigenvalue weighted by Gasteiger charge is -2.20. The highest BCUT2D eigenvalue weighted by Gasteiger charge is 2.17. The maximum Gasteiger partial charge on any atom is 0.271 e. The summed E-state index contributed by atoms with van der Waals surface area (Å²) in [5.74, 6) is 1.58. The van der Waals surface area contributed by atoms with Crippen molar-refractivity contribution < 1.29 is 14.3 Å². The Morgan fingerprint density at radius 3 is 2.92 bits per heavy atom. The van der Waals surface area contributed by atoms with Gasteiger partial charge in [0, 0.05) is 12.2 Å². The fourth-order valence-electron chi connectivity index (χ4n) is 2.74. The number of nitrogens with zero attached hydrogens (tertiary/aromatic N) is 1. The topological polar surface area (TPSA) is 76.2 Å². The van der Waals surface area contributed by atoms with E-state index in [-0.39, 0.29) is 5.91 Å². The van der Waals surface area contributed by atoms with Crippen molar-refractivity contribution in [1.29, 1.82) is 0 Å². The zero-order valence-corrected chi connectivity index (χ0v) is 15.2. The fraction of sp³-hybridized carbons (Fsp3) is 0.444. The van der Waals surface area contributed by atoms with E-state index >= 15 is 0 Å². The lowest BCUT2D eigenvalue weighted by molar-refractivity contribution is 0.0949. The molecule has 25 heavy (non-hydrogen) atoms. The van der Waals surface area contributed by atoms with E-state index in [1.165, 1.54) is 0 Å². The van der Waals surface area contributed by atoms with Crippen molar-refractivity contribution in [2.24, 2.45) is 5.92 Å². The van der Waals surface area contributed by atoms with E-state index < -0.39 is 0 Å². The molecule has 0 aliphatic carbocycles. The summed E-state index contributed by atoms with van der Waals surface area (Å²) in [7, 11) is 0. The van der Waals surface area contributed by atoms with E-state index in [4.69, 9.17) is 21.1 Å². The molecule has 2 heterocycles. The minimum Gasteiger partial charge on any atom is -0.486 e. The molecular weight excluding hydrogens is 342 g/mol. The van der Waals surface area contributed by atoms with E-state index in [1.807, 2.05) is 12.1 Å². The van der Waals surface area contributed by atoms with Crippen LogP contribution >= 0.6 is 11.6 Å². The predicted molar refractivity (Wildman–Crippen MR) is 95.6 cm³/mol. The van der Waals surface area contributed by atoms with Gasteiger partial charge in [-0.15, -0.1) is 0 Å². The highest BCUT2D eigenvalue weighted by atomic mass is 35.5. The highest BCUT2D eigenvalue weighted by molar-refractivity contribution is 6.32. The number of amides is 1. The minimum absolute atomic E-state index is 0.185. The fourth-order valence-corrected chi connectivity index (χ4v) is 3.03. The van der Waals surface area contributed by atoms with Crippen LogP contribution in [0.3, 0.4) is 0 Å². The quantitative estimate of drug-likeness (QED) is 0.827. The molecule has 7 heteroatoms. The second-order valence-corrected chi connectivity index (χ2v) is 6.89. The standard InChI is InChI=1S/C18H22ClN3O3/c1-11(2)7-13-10-15(22-21-13)18(23)20-4-3-12-8-14(19)17-16(9-12)24-5-6-25-17/h8-11H,3-7H2,1-2H3,(H,20,23)(H,21,22). The first-order valence-corrected chi connectivity index (χ1v) is 8.81. The molecule has 1 aliphatic rings. The molecule has 134 valence electrons. The lowest BCUT2D eigenvalue weighted by atomic mass is 10.1. The summed E-state index contributed by atoms with van der Waals surface area (Å²) in [6.45, 7) is 5.76. The van der Waals surface area contributed by atoms with Crippen LogP contribution in [0.1, 0.15) is 35.6 Å². The largest absolute Gasteiger partial charge is 0.486 e. The Hall–Kier alpha value is -2.21. The van der Waals surface area contributed by atoms with Crippen molar-refractivity contribution in [3.8, 4) is 11.5 Å². The summed E-state index contributed by atoms with van der Waals surface area (Å²) < 4.78 is 11.1. The van der Waals surface area contributed by atoms with Crippen LogP contribution in [-0.2, 0) is 12.8 Å². The van der Waals surface area contributed by atoms with E-state index in [1.54, 1.807) is 6.07 Å². The molecule has 2 aromatic rings. The second kappa shape index (κ2) is 7.78. The van der Waals surface area contributed by atoms with Gasteiger partial charge >= 0.3 is 0 Å². The van der Waals surface area contributed by atoms with Gasteiger partial charge in [-0.25, -0.2) is 0 Å². The van der Waals surface area contributed by atoms with Gasteiger partial charge in [-0.05, 0) is 42.5 Å². The van der Waals surface area contributed by atoms with E-state index in [9.17, 15) is 4.79 Å². The molecule has 0 atom stereocenters. The molecule has 1 amide bonds. The highest BCUT2D eigenvalue weighted by Crippen LogP contribution is 2.38. The third-order valence-corrected chi connectivity index (χ3v) is 4.13. The monoisotopic (exact) mass is 363 g/mol. The van der Waals surface area contributed by atoms with Crippen molar-refractivity contribution in [2.75, 3.05) is 19.8 Å². The molecule has 2 N–H and O–H groups in total. The molecule has 0 spiro atoms. The maximum atomic E-state index is 12.2. The van der Waals surface area contributed by atoms with Crippen molar-refractivity contribution in [3.63, 3.8) is 0 Å². The summed E-state index contributed by atoms with van der Waals surface area (Å²) in [6, 6.07) is 5.55. The number of hydrogen-bond donors (Lipinski definition) is 2. The number of aromatic amines is 1. The molecule has 1 aliphatic heterocycles. The molecule has 0 saturated heterocycles. The summed E-state index contributed by atoms with van der Waals surface area (Å²) in [5.41, 5.74) is 2.37. The third-order valence-electron chi connectivity index (χ3n) is 3.85. The van der Waals surface area contributed by atoms with Gasteiger partial charge in [0.2, 0.25) is 0 Å². The zero-order valence-electron chi connectivity index (χ0n) is 14.4. The summed E-state index contributed by atoms with van der Waals surface area (Å²) in [5, 5.41) is 10.4. The summed E-state index contributed by atoms with van der Waals surface area (Å²) >= 11 is 6.22. The van der Waals surface area contributed by atoms with Crippen LogP contribution in [0.2, 0.25) is 5.02 Å². The molecule has 0 saturated carbocycles. The van der Waals surface area contributed by atoms with Crippen LogP contribution < -0.4 is 14.8 Å². The van der Waals surface area contributed by atoms with Crippen LogP contribution in [0.15, 0.2) is 18.2 Å². The van der Waals surface area contributed by atoms with Crippen LogP contribution in [0.25, 0.3) is 0 Å². The first kappa shape index (κ1) is 17.6. The molecule has 1 aromatic heterocycles. The number of fused-ring (bicyclic) bond motifs is 1. The van der Waals surface area contributed by atoms with Gasteiger partial charge in [0.1, 0.15) is 18.9 Å². The van der Waals surface area contributed by atoms with Gasteiger partial charge in [0.25, 0.3) is 5.91 Å². The third kappa shape index (κ3) is 4.45. The number of carbonyl (C=O) groups excluding carboxylic acids is 1. The Kier molecular flexibility index (Phi) is 5.48. The normalized spacial score (nSPS) is 13.1. The summed E-state index contributed by atoms with van der Waals surface area (Å²) in [4.78, 5) is 12.2. The van der Waals surface area contributed by atoms with Gasteiger partial charge < -0.3 is 14.8 Å². The van der Waals surface area contributed by atoms with Crippen LogP contribution in [0, 0.1) is 5.92 Å².